The first-order chi connectivity index (χ1) is 66.4. The first-order valence-corrected chi connectivity index (χ1v) is 47.6. The Labute approximate surface area is 789 Å². The van der Waals surface area contributed by atoms with Crippen molar-refractivity contribution in [2.45, 2.75) is 12.8 Å². The van der Waals surface area contributed by atoms with Crippen LogP contribution in [0.2, 0.25) is 0 Å². The SMILES string of the molecule is C1=Cc2c(cccc2N(c2ccc(-c3ccc(N(c4ccc(-c5ccccc5)cc4)c4ccc(-c5cccc(-c6cccc(-c7ccc(N(c8ccc(-c9ccccc9)cc8)c8ccc(-c9ccc(N(c%10ccc(-c%11ccc%12sc%13ccccc%13c%12c%11)cc%10)c%10cccc%11ccccc%10%11)cc9)cc8)cc7)c6)c5)cc4)cc3)cc2)c2ccc(-c3cccc4c3sc3ccccc34)cc2)CC1. The Bertz CT molecular complexity index is 8270. The number of allylic oxidation sites excluding steroid dienone is 1. The minimum absolute atomic E-state index is 1.03. The van der Waals surface area contributed by atoms with Gasteiger partial charge in [0.05, 0.1) is 11.4 Å². The number of anilines is 12. The van der Waals surface area contributed by atoms with Crippen molar-refractivity contribution in [1.82, 2.24) is 0 Å². The van der Waals surface area contributed by atoms with E-state index in [0.717, 1.165) is 131 Å². The molecule has 2 aromatic heterocycles. The summed E-state index contributed by atoms with van der Waals surface area (Å²) in [4.78, 5) is 9.57. The van der Waals surface area contributed by atoms with Crippen molar-refractivity contribution in [3.05, 3.63) is 515 Å². The van der Waals surface area contributed by atoms with E-state index in [1.165, 1.54) is 112 Å². The second-order valence-electron chi connectivity index (χ2n) is 34.6. The van der Waals surface area contributed by atoms with E-state index in [0.29, 0.717) is 0 Å². The first kappa shape index (κ1) is 80.6. The van der Waals surface area contributed by atoms with Crippen LogP contribution in [0.25, 0.3) is 157 Å². The van der Waals surface area contributed by atoms with Crippen LogP contribution in [0.3, 0.4) is 0 Å². The van der Waals surface area contributed by atoms with Crippen molar-refractivity contribution in [1.29, 1.82) is 0 Å². The van der Waals surface area contributed by atoms with Gasteiger partial charge in [0.15, 0.2) is 0 Å². The summed E-state index contributed by atoms with van der Waals surface area (Å²) in [7, 11) is 0. The maximum absolute atomic E-state index is 2.44. The molecule has 0 radical (unpaired) electrons. The van der Waals surface area contributed by atoms with Crippen LogP contribution >= 0.6 is 22.7 Å². The van der Waals surface area contributed by atoms with Gasteiger partial charge in [-0.1, -0.05) is 340 Å². The third kappa shape index (κ3) is 15.6. The molecule has 0 saturated carbocycles. The van der Waals surface area contributed by atoms with Gasteiger partial charge in [-0.3, -0.25) is 0 Å². The number of fused-ring (bicyclic) bond motifs is 8. The molecule has 0 aliphatic heterocycles. The van der Waals surface area contributed by atoms with Gasteiger partial charge in [0, 0.05) is 108 Å². The third-order valence-corrected chi connectivity index (χ3v) is 28.9. The number of rotatable bonds is 21. The summed E-state index contributed by atoms with van der Waals surface area (Å²) in [6.45, 7) is 0. The van der Waals surface area contributed by atoms with E-state index >= 15 is 0 Å². The molecule has 134 heavy (non-hydrogen) atoms. The van der Waals surface area contributed by atoms with Crippen LogP contribution in [-0.2, 0) is 6.42 Å². The minimum atomic E-state index is 1.03. The van der Waals surface area contributed by atoms with Crippen molar-refractivity contribution in [2.75, 3.05) is 19.6 Å². The standard InChI is InChI=1S/C128H88N4S2/c1-3-20-87(21-4-1)89-42-63-106(64-43-89)129(108-67-46-91(47-68-108)93-50-75-112(76-51-93)131(123-38-17-26-98-24-7-9-32-116(98)123)114-79-58-97(59-80-114)105-62-83-127-122(86-105)120-35-12-13-40-125(120)133-127)110-71-54-95(55-72-110)101-28-15-30-103(84-101)104-31-16-29-102(85-104)96-56-73-111(74-57-96)130(107-65-44-90(45-66-107)88-22-5-2-6-23-88)109-69-48-92(49-70-109)94-52-77-113(78-53-94)132(124-39-18-27-99-25-8-10-33-117(99)124)115-81-60-100(61-82-115)118-36-19-37-121-119-34-11-14-41-126(119)134-128(118)121/h1-7,9-24,26-86H,8,25H2. The van der Waals surface area contributed by atoms with Crippen LogP contribution in [0, 0.1) is 0 Å². The Morgan fingerprint density at radius 3 is 0.925 bits per heavy atom. The first-order valence-electron chi connectivity index (χ1n) is 46.0. The van der Waals surface area contributed by atoms with Gasteiger partial charge in [-0.15, -0.1) is 22.7 Å². The van der Waals surface area contributed by atoms with E-state index in [1.807, 2.05) is 22.7 Å². The zero-order valence-corrected chi connectivity index (χ0v) is 75.1. The molecule has 4 nitrogen and oxygen atoms in total. The van der Waals surface area contributed by atoms with Gasteiger partial charge in [-0.2, -0.15) is 0 Å². The summed E-state index contributed by atoms with van der Waals surface area (Å²) in [5, 5.41) is 7.63. The molecule has 0 amide bonds. The molecule has 0 unspecified atom stereocenters. The van der Waals surface area contributed by atoms with Gasteiger partial charge in [0.1, 0.15) is 0 Å². The normalized spacial score (nSPS) is 11.8. The van der Waals surface area contributed by atoms with Gasteiger partial charge in [-0.25, -0.2) is 0 Å². The van der Waals surface area contributed by atoms with E-state index < -0.39 is 0 Å². The Kier molecular flexibility index (Phi) is 21.2. The van der Waals surface area contributed by atoms with Crippen molar-refractivity contribution in [2.24, 2.45) is 0 Å². The fourth-order valence-electron chi connectivity index (χ4n) is 19.7. The Balaban J connectivity index is 0.493. The number of hydrogen-bond acceptors (Lipinski definition) is 6. The average molecular weight is 1750 g/mol. The number of aryl methyl sites for hydroxylation is 1. The molecular weight excluding hydrogens is 1660 g/mol. The molecular formula is C128H88N4S2. The van der Waals surface area contributed by atoms with E-state index in [2.05, 4.69) is 529 Å². The van der Waals surface area contributed by atoms with Gasteiger partial charge in [0.25, 0.3) is 0 Å². The summed E-state index contributed by atoms with van der Waals surface area (Å²) in [6.07, 6.45) is 6.72. The van der Waals surface area contributed by atoms with Crippen molar-refractivity contribution >= 4 is 148 Å². The number of thiophene rings is 2. The van der Waals surface area contributed by atoms with Gasteiger partial charge in [0.2, 0.25) is 0 Å². The highest BCUT2D eigenvalue weighted by molar-refractivity contribution is 7.26. The molecule has 0 fully saturated rings. The number of nitrogens with zero attached hydrogens (tertiary/aromatic N) is 4. The molecule has 21 aromatic carbocycles. The van der Waals surface area contributed by atoms with Gasteiger partial charge >= 0.3 is 0 Å². The molecule has 6 heteroatoms. The Hall–Kier alpha value is -16.7. The maximum Gasteiger partial charge on any atom is 0.0540 e. The lowest BCUT2D eigenvalue weighted by Crippen LogP contribution is -2.13. The summed E-state index contributed by atoms with van der Waals surface area (Å²) in [5.74, 6) is 0. The maximum atomic E-state index is 2.44. The Morgan fingerprint density at radius 2 is 0.470 bits per heavy atom. The van der Waals surface area contributed by atoms with Crippen LogP contribution in [-0.4, -0.2) is 0 Å². The highest BCUT2D eigenvalue weighted by atomic mass is 32.1. The molecule has 1 aliphatic rings. The highest BCUT2D eigenvalue weighted by Crippen LogP contribution is 2.49. The lowest BCUT2D eigenvalue weighted by molar-refractivity contribution is 0.984. The molecule has 0 N–H and O–H groups in total. The average Bonchev–Trinajstić information content (AvgIpc) is 1.54. The van der Waals surface area contributed by atoms with Gasteiger partial charge < -0.3 is 19.6 Å². The second-order valence-corrected chi connectivity index (χ2v) is 36.7. The monoisotopic (exact) mass is 1740 g/mol. The molecule has 0 bridgehead atoms. The van der Waals surface area contributed by atoms with Crippen molar-refractivity contribution < 1.29 is 0 Å². The van der Waals surface area contributed by atoms with E-state index in [1.54, 1.807) is 0 Å². The van der Waals surface area contributed by atoms with Crippen LogP contribution in [0.5, 0.6) is 0 Å². The summed E-state index contributed by atoms with van der Waals surface area (Å²) < 4.78 is 5.27. The predicted molar refractivity (Wildman–Crippen MR) is 575 cm³/mol. The number of benzene rings is 21. The summed E-state index contributed by atoms with van der Waals surface area (Å²) in [5.41, 5.74) is 36.8. The molecule has 1 aliphatic carbocycles. The second kappa shape index (κ2) is 35.3. The molecule has 0 saturated heterocycles. The zero-order valence-electron chi connectivity index (χ0n) is 73.5. The van der Waals surface area contributed by atoms with E-state index in [9.17, 15) is 0 Å². The molecule has 23 aromatic rings. The summed E-state index contributed by atoms with van der Waals surface area (Å²) >= 11 is 3.74. The fraction of sp³-hybridized carbons (Fsp3) is 0.0156. The highest BCUT2D eigenvalue weighted by Gasteiger charge is 2.24. The van der Waals surface area contributed by atoms with Gasteiger partial charge in [-0.05, 0) is 294 Å². The van der Waals surface area contributed by atoms with Crippen LogP contribution in [0.15, 0.2) is 504 Å². The van der Waals surface area contributed by atoms with Crippen LogP contribution in [0.4, 0.5) is 68.2 Å². The fourth-order valence-corrected chi connectivity index (χ4v) is 22.0. The molecule has 0 spiro atoms. The molecule has 632 valence electrons. The topological polar surface area (TPSA) is 13.0 Å². The van der Waals surface area contributed by atoms with Crippen molar-refractivity contribution in [3.63, 3.8) is 0 Å². The van der Waals surface area contributed by atoms with Crippen LogP contribution < -0.4 is 19.6 Å². The molecule has 0 atom stereocenters. The van der Waals surface area contributed by atoms with Crippen molar-refractivity contribution in [3.8, 4) is 100 Å². The quantitative estimate of drug-likeness (QED) is 0.0711. The zero-order chi connectivity index (χ0) is 88.8. The minimum Gasteiger partial charge on any atom is -0.311 e. The summed E-state index contributed by atoms with van der Waals surface area (Å²) in [6, 6.07) is 183. The lowest BCUT2D eigenvalue weighted by Gasteiger charge is -2.29. The number of hydrogen-bond donors (Lipinski definition) is 0. The Morgan fingerprint density at radius 1 is 0.179 bits per heavy atom. The largest absolute Gasteiger partial charge is 0.311 e. The smallest absolute Gasteiger partial charge is 0.0540 e. The lowest BCUT2D eigenvalue weighted by atomic mass is 9.94. The van der Waals surface area contributed by atoms with E-state index in [4.69, 9.17) is 0 Å². The predicted octanol–water partition coefficient (Wildman–Crippen LogP) is 37.4. The molecule has 2 heterocycles. The third-order valence-electron chi connectivity index (χ3n) is 26.6. The van der Waals surface area contributed by atoms with E-state index in [-0.39, 0.29) is 0 Å². The van der Waals surface area contributed by atoms with Crippen LogP contribution in [0.1, 0.15) is 17.5 Å². The molecule has 24 rings (SSSR count).